The van der Waals surface area contributed by atoms with Crippen LogP contribution in [0, 0.1) is 6.92 Å². The predicted molar refractivity (Wildman–Crippen MR) is 102 cm³/mol. The molecule has 4 heteroatoms. The molecule has 0 heterocycles. The van der Waals surface area contributed by atoms with Crippen molar-refractivity contribution >= 4 is 17.4 Å². The van der Waals surface area contributed by atoms with Gasteiger partial charge in [0.25, 0.3) is 5.91 Å². The lowest BCUT2D eigenvalue weighted by Gasteiger charge is -2.13. The number of ketones is 1. The molecule has 0 aliphatic heterocycles. The zero-order valence-electron chi connectivity index (χ0n) is 14.7. The van der Waals surface area contributed by atoms with Crippen LogP contribution in [0.15, 0.2) is 72.8 Å². The Bertz CT molecular complexity index is 949. The molecule has 0 aromatic heterocycles. The third-order valence-corrected chi connectivity index (χ3v) is 4.06. The van der Waals surface area contributed by atoms with Gasteiger partial charge in [-0.15, -0.1) is 0 Å². The topological polar surface area (TPSA) is 55.4 Å². The molecule has 3 aromatic carbocycles. The first-order valence-electron chi connectivity index (χ1n) is 8.25. The van der Waals surface area contributed by atoms with E-state index in [2.05, 4.69) is 5.32 Å². The number of hydrogen-bond donors (Lipinski definition) is 1. The molecular formula is C22H19NO3. The van der Waals surface area contributed by atoms with E-state index >= 15 is 0 Å². The van der Waals surface area contributed by atoms with Gasteiger partial charge < -0.3 is 10.1 Å². The largest absolute Gasteiger partial charge is 0.496 e. The number of para-hydroxylation sites is 1. The monoisotopic (exact) mass is 345 g/mol. The van der Waals surface area contributed by atoms with E-state index in [0.29, 0.717) is 28.1 Å². The van der Waals surface area contributed by atoms with Crippen molar-refractivity contribution in [1.29, 1.82) is 0 Å². The smallest absolute Gasteiger partial charge is 0.259 e. The lowest BCUT2D eigenvalue weighted by molar-refractivity contribution is 0.102. The van der Waals surface area contributed by atoms with Gasteiger partial charge >= 0.3 is 0 Å². The van der Waals surface area contributed by atoms with Crippen LogP contribution >= 0.6 is 0 Å². The lowest BCUT2D eigenvalue weighted by Crippen LogP contribution is -2.16. The predicted octanol–water partition coefficient (Wildman–Crippen LogP) is 4.49. The highest BCUT2D eigenvalue weighted by atomic mass is 16.5. The molecule has 0 aliphatic rings. The molecule has 0 bridgehead atoms. The van der Waals surface area contributed by atoms with Crippen molar-refractivity contribution in [3.05, 3.63) is 95.1 Å². The maximum absolute atomic E-state index is 12.8. The molecule has 0 spiro atoms. The zero-order valence-corrected chi connectivity index (χ0v) is 14.7. The Kier molecular flexibility index (Phi) is 5.13. The molecule has 0 saturated carbocycles. The number of hydrogen-bond acceptors (Lipinski definition) is 3. The summed E-state index contributed by atoms with van der Waals surface area (Å²) in [6.45, 7) is 1.93. The zero-order chi connectivity index (χ0) is 18.5. The molecular weight excluding hydrogens is 326 g/mol. The summed E-state index contributed by atoms with van der Waals surface area (Å²) in [5.74, 6) is 0.0295. The number of carbonyl (C=O) groups excluding carboxylic acids is 2. The van der Waals surface area contributed by atoms with E-state index in [1.807, 2.05) is 31.2 Å². The summed E-state index contributed by atoms with van der Waals surface area (Å²) >= 11 is 0. The van der Waals surface area contributed by atoms with Crippen molar-refractivity contribution in [2.75, 3.05) is 12.4 Å². The minimum atomic E-state index is -0.324. The van der Waals surface area contributed by atoms with E-state index in [0.717, 1.165) is 5.56 Å². The molecule has 1 amide bonds. The van der Waals surface area contributed by atoms with Crippen LogP contribution in [0.25, 0.3) is 0 Å². The van der Waals surface area contributed by atoms with E-state index < -0.39 is 0 Å². The molecule has 26 heavy (non-hydrogen) atoms. The molecule has 0 saturated heterocycles. The van der Waals surface area contributed by atoms with Crippen molar-refractivity contribution in [2.24, 2.45) is 0 Å². The summed E-state index contributed by atoms with van der Waals surface area (Å²) in [5.41, 5.74) is 2.90. The van der Waals surface area contributed by atoms with Gasteiger partial charge in [-0.3, -0.25) is 9.59 Å². The normalized spacial score (nSPS) is 10.2. The van der Waals surface area contributed by atoms with Gasteiger partial charge in [0, 0.05) is 11.1 Å². The fourth-order valence-corrected chi connectivity index (χ4v) is 2.71. The Morgan fingerprint density at radius 1 is 0.846 bits per heavy atom. The van der Waals surface area contributed by atoms with Gasteiger partial charge in [-0.2, -0.15) is 0 Å². The summed E-state index contributed by atoms with van der Waals surface area (Å²) in [6.07, 6.45) is 0. The quantitative estimate of drug-likeness (QED) is 0.693. The second-order valence-electron chi connectivity index (χ2n) is 5.90. The van der Waals surface area contributed by atoms with Gasteiger partial charge in [0.05, 0.1) is 18.4 Å². The van der Waals surface area contributed by atoms with Crippen LogP contribution < -0.4 is 10.1 Å². The van der Waals surface area contributed by atoms with E-state index in [1.165, 1.54) is 7.11 Å². The van der Waals surface area contributed by atoms with Gasteiger partial charge in [0.2, 0.25) is 0 Å². The van der Waals surface area contributed by atoms with Crippen LogP contribution in [-0.4, -0.2) is 18.8 Å². The first-order valence-corrected chi connectivity index (χ1v) is 8.25. The molecule has 0 fully saturated rings. The maximum Gasteiger partial charge on any atom is 0.259 e. The highest BCUT2D eigenvalue weighted by molar-refractivity contribution is 6.15. The first-order chi connectivity index (χ1) is 12.6. The molecule has 0 radical (unpaired) electrons. The molecule has 0 atom stereocenters. The standard InChI is InChI=1S/C22H19NO3/c1-15-12-13-18(20(14-15)26-2)22(25)23-19-11-7-6-10-17(19)21(24)16-8-4-3-5-9-16/h3-14H,1-2H3,(H,23,25). The summed E-state index contributed by atoms with van der Waals surface area (Å²) in [5, 5.41) is 2.83. The van der Waals surface area contributed by atoms with Crippen LogP contribution in [0.5, 0.6) is 5.75 Å². The average Bonchev–Trinajstić information content (AvgIpc) is 2.68. The minimum absolute atomic E-state index is 0.141. The molecule has 0 aliphatic carbocycles. The summed E-state index contributed by atoms with van der Waals surface area (Å²) < 4.78 is 5.30. The van der Waals surface area contributed by atoms with E-state index in [1.54, 1.807) is 48.5 Å². The van der Waals surface area contributed by atoms with Crippen LogP contribution in [0.2, 0.25) is 0 Å². The van der Waals surface area contributed by atoms with Gasteiger partial charge in [-0.05, 0) is 36.8 Å². The number of anilines is 1. The van der Waals surface area contributed by atoms with Crippen LogP contribution in [0.1, 0.15) is 31.8 Å². The van der Waals surface area contributed by atoms with Crippen LogP contribution in [0.3, 0.4) is 0 Å². The number of amides is 1. The average molecular weight is 345 g/mol. The summed E-state index contributed by atoms with van der Waals surface area (Å²) in [7, 11) is 1.53. The fourth-order valence-electron chi connectivity index (χ4n) is 2.71. The molecule has 130 valence electrons. The number of carbonyl (C=O) groups is 2. The number of nitrogens with one attached hydrogen (secondary N) is 1. The summed E-state index contributed by atoms with van der Waals surface area (Å²) in [4.78, 5) is 25.5. The van der Waals surface area contributed by atoms with E-state index in [9.17, 15) is 9.59 Å². The van der Waals surface area contributed by atoms with Crippen molar-refractivity contribution in [3.63, 3.8) is 0 Å². The van der Waals surface area contributed by atoms with Crippen molar-refractivity contribution < 1.29 is 14.3 Å². The number of ether oxygens (including phenoxy) is 1. The third-order valence-electron chi connectivity index (χ3n) is 4.06. The van der Waals surface area contributed by atoms with Crippen molar-refractivity contribution in [3.8, 4) is 5.75 Å². The lowest BCUT2D eigenvalue weighted by atomic mass is 10.0. The fraction of sp³-hybridized carbons (Fsp3) is 0.0909. The second kappa shape index (κ2) is 7.66. The number of rotatable bonds is 5. The van der Waals surface area contributed by atoms with Crippen LogP contribution in [0.4, 0.5) is 5.69 Å². The number of benzene rings is 3. The second-order valence-corrected chi connectivity index (χ2v) is 5.90. The molecule has 4 nitrogen and oxygen atoms in total. The number of aryl methyl sites for hydroxylation is 1. The summed E-state index contributed by atoms with van der Waals surface area (Å²) in [6, 6.07) is 21.3. The highest BCUT2D eigenvalue weighted by Gasteiger charge is 2.17. The Labute approximate surface area is 152 Å². The Morgan fingerprint density at radius 2 is 1.54 bits per heavy atom. The van der Waals surface area contributed by atoms with E-state index in [4.69, 9.17) is 4.74 Å². The van der Waals surface area contributed by atoms with E-state index in [-0.39, 0.29) is 11.7 Å². The maximum atomic E-state index is 12.8. The molecule has 1 N–H and O–H groups in total. The van der Waals surface area contributed by atoms with Crippen LogP contribution in [-0.2, 0) is 0 Å². The van der Waals surface area contributed by atoms with Gasteiger partial charge in [-0.25, -0.2) is 0 Å². The van der Waals surface area contributed by atoms with Crippen molar-refractivity contribution in [1.82, 2.24) is 0 Å². The highest BCUT2D eigenvalue weighted by Crippen LogP contribution is 2.24. The number of methoxy groups -OCH3 is 1. The molecule has 3 aromatic rings. The van der Waals surface area contributed by atoms with Gasteiger partial charge in [-0.1, -0.05) is 48.5 Å². The van der Waals surface area contributed by atoms with Gasteiger partial charge in [0.15, 0.2) is 5.78 Å². The van der Waals surface area contributed by atoms with Gasteiger partial charge in [0.1, 0.15) is 5.75 Å². The SMILES string of the molecule is COc1cc(C)ccc1C(=O)Nc1ccccc1C(=O)c1ccccc1. The molecule has 3 rings (SSSR count). The minimum Gasteiger partial charge on any atom is -0.496 e. The molecule has 0 unspecified atom stereocenters. The first kappa shape index (κ1) is 17.4. The Balaban J connectivity index is 1.92. The Morgan fingerprint density at radius 3 is 2.27 bits per heavy atom. The Hall–Kier alpha value is -3.40. The third kappa shape index (κ3) is 3.64. The van der Waals surface area contributed by atoms with Crippen molar-refractivity contribution in [2.45, 2.75) is 6.92 Å².